The molecule has 6 heteroatoms. The van der Waals surface area contributed by atoms with Crippen LogP contribution in [0.5, 0.6) is 0 Å². The first-order chi connectivity index (χ1) is 13.3. The van der Waals surface area contributed by atoms with Crippen molar-refractivity contribution in [3.63, 3.8) is 0 Å². The van der Waals surface area contributed by atoms with Crippen molar-refractivity contribution in [2.75, 3.05) is 6.61 Å². The molecule has 0 heterocycles. The van der Waals surface area contributed by atoms with E-state index in [0.717, 1.165) is 12.0 Å². The number of ether oxygens (including phenoxy) is 1. The van der Waals surface area contributed by atoms with Gasteiger partial charge in [0.1, 0.15) is 11.9 Å². The topological polar surface area (TPSA) is 72.5 Å². The summed E-state index contributed by atoms with van der Waals surface area (Å²) < 4.78 is 18.1. The van der Waals surface area contributed by atoms with Gasteiger partial charge in [0.05, 0.1) is 0 Å². The Kier molecular flexibility index (Phi) is 7.44. The Morgan fingerprint density at radius 2 is 1.54 bits per heavy atom. The first-order valence-corrected chi connectivity index (χ1v) is 9.17. The standard InChI is InChI=1S/C22H24FNO4/c1-4-15-5-7-16(8-6-15)19(25)13-28-22(27)20(14(2)3)24-21(26)17-9-11-18(23)12-10-17/h5-12,14,20H,4,13H2,1-3H3,(H,24,26)/t20-/m0/s1. The molecule has 0 fully saturated rings. The number of Topliss-reactive ketones (excluding diaryl/α,β-unsaturated/α-hetero) is 1. The lowest BCUT2D eigenvalue weighted by molar-refractivity contribution is -0.145. The molecule has 5 nitrogen and oxygen atoms in total. The maximum Gasteiger partial charge on any atom is 0.329 e. The van der Waals surface area contributed by atoms with Crippen LogP contribution in [-0.4, -0.2) is 30.3 Å². The van der Waals surface area contributed by atoms with E-state index in [9.17, 15) is 18.8 Å². The molecule has 0 aliphatic heterocycles. The second-order valence-electron chi connectivity index (χ2n) is 6.78. The van der Waals surface area contributed by atoms with E-state index in [4.69, 9.17) is 4.74 Å². The molecular formula is C22H24FNO4. The van der Waals surface area contributed by atoms with E-state index in [2.05, 4.69) is 5.32 Å². The number of nitrogens with one attached hydrogen (secondary N) is 1. The van der Waals surface area contributed by atoms with Crippen molar-refractivity contribution in [1.82, 2.24) is 5.32 Å². The molecule has 0 aromatic heterocycles. The minimum absolute atomic E-state index is 0.229. The predicted octanol–water partition coefficient (Wildman–Crippen LogP) is 3.57. The average molecular weight is 385 g/mol. The lowest BCUT2D eigenvalue weighted by atomic mass is 10.0. The summed E-state index contributed by atoms with van der Waals surface area (Å²) in [6.07, 6.45) is 0.868. The van der Waals surface area contributed by atoms with Crippen LogP contribution in [0.1, 0.15) is 47.1 Å². The number of halogens is 1. The number of carbonyl (C=O) groups excluding carboxylic acids is 3. The Morgan fingerprint density at radius 1 is 0.964 bits per heavy atom. The fraction of sp³-hybridized carbons (Fsp3) is 0.318. The molecule has 0 aliphatic carbocycles. The molecule has 1 N–H and O–H groups in total. The van der Waals surface area contributed by atoms with E-state index in [1.165, 1.54) is 24.3 Å². The predicted molar refractivity (Wildman–Crippen MR) is 104 cm³/mol. The maximum absolute atomic E-state index is 13.0. The van der Waals surface area contributed by atoms with Crippen molar-refractivity contribution in [3.8, 4) is 0 Å². The number of esters is 1. The Bertz CT molecular complexity index is 829. The van der Waals surface area contributed by atoms with Gasteiger partial charge < -0.3 is 10.1 Å². The summed E-state index contributed by atoms with van der Waals surface area (Å²) >= 11 is 0. The monoisotopic (exact) mass is 385 g/mol. The summed E-state index contributed by atoms with van der Waals surface area (Å²) in [6, 6.07) is 11.2. The fourth-order valence-corrected chi connectivity index (χ4v) is 2.56. The minimum atomic E-state index is -0.923. The molecule has 0 bridgehead atoms. The number of carbonyl (C=O) groups is 3. The van der Waals surface area contributed by atoms with Crippen LogP contribution in [0.3, 0.4) is 0 Å². The Balaban J connectivity index is 1.97. The van der Waals surface area contributed by atoms with Crippen molar-refractivity contribution in [1.29, 1.82) is 0 Å². The summed E-state index contributed by atoms with van der Waals surface area (Å²) in [5.41, 5.74) is 1.80. The highest BCUT2D eigenvalue weighted by molar-refractivity contribution is 5.99. The third-order valence-corrected chi connectivity index (χ3v) is 4.34. The number of rotatable bonds is 8. The first-order valence-electron chi connectivity index (χ1n) is 9.17. The van der Waals surface area contributed by atoms with Gasteiger partial charge in [-0.15, -0.1) is 0 Å². The molecule has 0 saturated carbocycles. The molecule has 2 rings (SSSR count). The fourth-order valence-electron chi connectivity index (χ4n) is 2.56. The first kappa shape index (κ1) is 21.3. The van der Waals surface area contributed by atoms with Gasteiger partial charge in [-0.25, -0.2) is 9.18 Å². The van der Waals surface area contributed by atoms with Crippen LogP contribution in [0.2, 0.25) is 0 Å². The van der Waals surface area contributed by atoms with Gasteiger partial charge in [-0.2, -0.15) is 0 Å². The number of amides is 1. The van der Waals surface area contributed by atoms with Gasteiger partial charge in [-0.05, 0) is 42.2 Å². The lowest BCUT2D eigenvalue weighted by Gasteiger charge is -2.20. The van der Waals surface area contributed by atoms with Crippen LogP contribution >= 0.6 is 0 Å². The van der Waals surface area contributed by atoms with Crippen LogP contribution in [0.25, 0.3) is 0 Å². The Hall–Kier alpha value is -3.02. The van der Waals surface area contributed by atoms with Crippen molar-refractivity contribution < 1.29 is 23.5 Å². The van der Waals surface area contributed by atoms with Gasteiger partial charge in [0.15, 0.2) is 12.4 Å². The van der Waals surface area contributed by atoms with E-state index >= 15 is 0 Å². The second kappa shape index (κ2) is 9.78. The quantitative estimate of drug-likeness (QED) is 0.557. The highest BCUT2D eigenvalue weighted by Crippen LogP contribution is 2.10. The molecule has 1 amide bonds. The van der Waals surface area contributed by atoms with E-state index in [1.807, 2.05) is 19.1 Å². The summed E-state index contributed by atoms with van der Waals surface area (Å²) in [4.78, 5) is 36.9. The van der Waals surface area contributed by atoms with Gasteiger partial charge in [-0.1, -0.05) is 45.0 Å². The zero-order valence-electron chi connectivity index (χ0n) is 16.2. The van der Waals surface area contributed by atoms with Gasteiger partial charge in [0, 0.05) is 11.1 Å². The van der Waals surface area contributed by atoms with Gasteiger partial charge in [0.2, 0.25) is 0 Å². The van der Waals surface area contributed by atoms with Gasteiger partial charge >= 0.3 is 5.97 Å². The van der Waals surface area contributed by atoms with Crippen LogP contribution in [0.4, 0.5) is 4.39 Å². The molecule has 2 aromatic rings. The lowest BCUT2D eigenvalue weighted by Crippen LogP contribution is -2.45. The molecular weight excluding hydrogens is 361 g/mol. The Morgan fingerprint density at radius 3 is 2.07 bits per heavy atom. The van der Waals surface area contributed by atoms with Gasteiger partial charge in [-0.3, -0.25) is 9.59 Å². The van der Waals surface area contributed by atoms with E-state index < -0.39 is 30.3 Å². The number of hydrogen-bond donors (Lipinski definition) is 1. The number of ketones is 1. The summed E-state index contributed by atoms with van der Waals surface area (Å²) in [5.74, 6) is -2.23. The normalized spacial score (nSPS) is 11.8. The van der Waals surface area contributed by atoms with Crippen LogP contribution < -0.4 is 5.32 Å². The minimum Gasteiger partial charge on any atom is -0.456 e. The highest BCUT2D eigenvalue weighted by Gasteiger charge is 2.27. The number of aryl methyl sites for hydroxylation is 1. The van der Waals surface area contributed by atoms with Crippen LogP contribution in [0, 0.1) is 11.7 Å². The zero-order valence-corrected chi connectivity index (χ0v) is 16.2. The van der Waals surface area contributed by atoms with Crippen molar-refractivity contribution in [3.05, 3.63) is 71.0 Å². The van der Waals surface area contributed by atoms with Crippen molar-refractivity contribution >= 4 is 17.7 Å². The molecule has 28 heavy (non-hydrogen) atoms. The largest absolute Gasteiger partial charge is 0.456 e. The zero-order chi connectivity index (χ0) is 20.7. The highest BCUT2D eigenvalue weighted by atomic mass is 19.1. The molecule has 0 saturated heterocycles. The smallest absolute Gasteiger partial charge is 0.329 e. The third kappa shape index (κ3) is 5.74. The molecule has 1 atom stereocenters. The van der Waals surface area contributed by atoms with Crippen molar-refractivity contribution in [2.24, 2.45) is 5.92 Å². The third-order valence-electron chi connectivity index (χ3n) is 4.34. The second-order valence-corrected chi connectivity index (χ2v) is 6.78. The number of hydrogen-bond acceptors (Lipinski definition) is 4. The van der Waals surface area contributed by atoms with E-state index in [-0.39, 0.29) is 17.3 Å². The summed E-state index contributed by atoms with van der Waals surface area (Å²) in [7, 11) is 0. The summed E-state index contributed by atoms with van der Waals surface area (Å²) in [6.45, 7) is 5.12. The SMILES string of the molecule is CCc1ccc(C(=O)COC(=O)[C@@H](NC(=O)c2ccc(F)cc2)C(C)C)cc1. The van der Waals surface area contributed by atoms with Crippen LogP contribution in [0.15, 0.2) is 48.5 Å². The summed E-state index contributed by atoms with van der Waals surface area (Å²) in [5, 5.41) is 2.58. The van der Waals surface area contributed by atoms with Gasteiger partial charge in [0.25, 0.3) is 5.91 Å². The molecule has 2 aromatic carbocycles. The average Bonchev–Trinajstić information content (AvgIpc) is 2.70. The molecule has 0 radical (unpaired) electrons. The molecule has 148 valence electrons. The molecule has 0 unspecified atom stereocenters. The van der Waals surface area contributed by atoms with E-state index in [0.29, 0.717) is 5.56 Å². The van der Waals surface area contributed by atoms with E-state index in [1.54, 1.807) is 26.0 Å². The molecule has 0 aliphatic rings. The van der Waals surface area contributed by atoms with Crippen LogP contribution in [-0.2, 0) is 16.0 Å². The maximum atomic E-state index is 13.0. The van der Waals surface area contributed by atoms with Crippen molar-refractivity contribution in [2.45, 2.75) is 33.2 Å². The Labute approximate surface area is 163 Å². The number of benzene rings is 2. The molecule has 0 spiro atoms.